The third kappa shape index (κ3) is 5.14. The Bertz CT molecular complexity index is 1060. The second-order valence-corrected chi connectivity index (χ2v) is 8.66. The van der Waals surface area contributed by atoms with Gasteiger partial charge in [0.1, 0.15) is 5.76 Å². The van der Waals surface area contributed by atoms with Gasteiger partial charge in [0.25, 0.3) is 0 Å². The van der Waals surface area contributed by atoms with E-state index in [-0.39, 0.29) is 11.2 Å². The number of rotatable bonds is 6. The number of halogens is 2. The van der Waals surface area contributed by atoms with Gasteiger partial charge in [0, 0.05) is 10.0 Å². The van der Waals surface area contributed by atoms with E-state index < -0.39 is 0 Å². The highest BCUT2D eigenvalue weighted by Crippen LogP contribution is 2.31. The predicted octanol–water partition coefficient (Wildman–Crippen LogP) is 5.66. The van der Waals surface area contributed by atoms with Crippen molar-refractivity contribution in [2.75, 3.05) is 0 Å². The summed E-state index contributed by atoms with van der Waals surface area (Å²) < 4.78 is 5.42. The summed E-state index contributed by atoms with van der Waals surface area (Å²) >= 11 is 13.3. The van der Waals surface area contributed by atoms with E-state index in [2.05, 4.69) is 10.2 Å². The van der Waals surface area contributed by atoms with Crippen molar-refractivity contribution in [1.82, 2.24) is 4.90 Å². The molecule has 0 unspecified atom stereocenters. The molecule has 0 bridgehead atoms. The van der Waals surface area contributed by atoms with Gasteiger partial charge in [-0.05, 0) is 53.9 Å². The first-order valence-electron chi connectivity index (χ1n) is 9.20. The molecule has 1 saturated heterocycles. The molecule has 5 nitrogen and oxygen atoms in total. The van der Waals surface area contributed by atoms with E-state index in [4.69, 9.17) is 27.6 Å². The Kier molecular flexibility index (Phi) is 6.57. The summed E-state index contributed by atoms with van der Waals surface area (Å²) in [5.74, 6) is 0.664. The average molecular weight is 458 g/mol. The average Bonchev–Trinajstić information content (AvgIpc) is 3.35. The summed E-state index contributed by atoms with van der Waals surface area (Å²) in [5, 5.41) is 10.1. The van der Waals surface area contributed by atoms with Gasteiger partial charge in [-0.15, -0.1) is 5.10 Å². The molecule has 1 aliphatic heterocycles. The lowest BCUT2D eigenvalue weighted by molar-refractivity contribution is -0.126. The van der Waals surface area contributed by atoms with Crippen molar-refractivity contribution in [3.05, 3.63) is 93.9 Å². The van der Waals surface area contributed by atoms with Gasteiger partial charge in [0.2, 0.25) is 5.91 Å². The van der Waals surface area contributed by atoms with Crippen molar-refractivity contribution in [3.8, 4) is 0 Å². The second-order valence-electron chi connectivity index (χ2n) is 6.62. The van der Waals surface area contributed by atoms with Crippen LogP contribution in [0.4, 0.5) is 0 Å². The Morgan fingerprint density at radius 1 is 1.03 bits per heavy atom. The van der Waals surface area contributed by atoms with Crippen LogP contribution in [0.25, 0.3) is 0 Å². The van der Waals surface area contributed by atoms with E-state index in [1.807, 2.05) is 42.5 Å². The molecule has 1 amide bonds. The normalized spacial score (nSPS) is 18.1. The highest BCUT2D eigenvalue weighted by atomic mass is 35.5. The minimum atomic E-state index is -0.286. The predicted molar refractivity (Wildman–Crippen MR) is 122 cm³/mol. The van der Waals surface area contributed by atoms with E-state index in [0.717, 1.165) is 11.1 Å². The van der Waals surface area contributed by atoms with Gasteiger partial charge in [0.05, 0.1) is 24.3 Å². The van der Waals surface area contributed by atoms with Crippen LogP contribution in [0, 0.1) is 0 Å². The largest absolute Gasteiger partial charge is 0.467 e. The van der Waals surface area contributed by atoms with E-state index >= 15 is 0 Å². The van der Waals surface area contributed by atoms with Crippen molar-refractivity contribution in [1.29, 1.82) is 0 Å². The Balaban J connectivity index is 1.54. The van der Waals surface area contributed by atoms with Gasteiger partial charge in [-0.25, -0.2) is 0 Å². The lowest BCUT2D eigenvalue weighted by Crippen LogP contribution is -2.32. The van der Waals surface area contributed by atoms with Crippen LogP contribution in [-0.4, -0.2) is 27.4 Å². The smallest absolute Gasteiger partial charge is 0.242 e. The molecule has 0 spiro atoms. The topological polar surface area (TPSA) is 58.2 Å². The summed E-state index contributed by atoms with van der Waals surface area (Å²) in [6.45, 7) is 0.311. The molecular weight excluding hydrogens is 441 g/mol. The first kappa shape index (κ1) is 20.7. The minimum absolute atomic E-state index is 0.0215. The maximum absolute atomic E-state index is 13.1. The minimum Gasteiger partial charge on any atom is -0.467 e. The van der Waals surface area contributed by atoms with Crippen LogP contribution >= 0.6 is 35.0 Å². The first-order chi connectivity index (χ1) is 14.6. The summed E-state index contributed by atoms with van der Waals surface area (Å²) in [7, 11) is 0. The molecule has 1 aromatic heterocycles. The van der Waals surface area contributed by atoms with Crippen LogP contribution in [0.3, 0.4) is 0 Å². The summed E-state index contributed by atoms with van der Waals surface area (Å²) in [5.41, 5.74) is 1.91. The number of furan rings is 1. The second kappa shape index (κ2) is 9.51. The summed E-state index contributed by atoms with van der Waals surface area (Å²) in [6.07, 6.45) is 3.80. The molecule has 2 heterocycles. The number of nitrogens with zero attached hydrogens (tertiary/aromatic N) is 3. The zero-order valence-electron chi connectivity index (χ0n) is 15.7. The highest BCUT2D eigenvalue weighted by Gasteiger charge is 2.38. The van der Waals surface area contributed by atoms with Gasteiger partial charge in [0.15, 0.2) is 5.17 Å². The standard InChI is InChI=1S/C22H17Cl2N3O2S/c23-17-7-3-15(4-8-17)12-20-21(28)27(14-19-2-1-11-29-19)22(30-20)26-25-13-16-5-9-18(24)10-6-16/h1-11,13,20H,12,14H2/b25-13-,26-22+/t20-/m1/s1. The maximum Gasteiger partial charge on any atom is 0.242 e. The molecule has 4 rings (SSSR count). The third-order valence-corrected chi connectivity index (χ3v) is 6.14. The monoisotopic (exact) mass is 457 g/mol. The number of carbonyl (C=O) groups excluding carboxylic acids is 1. The van der Waals surface area contributed by atoms with E-state index in [1.165, 1.54) is 11.8 Å². The molecular formula is C22H17Cl2N3O2S. The van der Waals surface area contributed by atoms with E-state index in [1.54, 1.807) is 35.6 Å². The molecule has 1 atom stereocenters. The number of carbonyl (C=O) groups is 1. The van der Waals surface area contributed by atoms with Gasteiger partial charge in [-0.3, -0.25) is 9.69 Å². The maximum atomic E-state index is 13.1. The quantitative estimate of drug-likeness (QED) is 0.354. The third-order valence-electron chi connectivity index (χ3n) is 4.47. The molecule has 0 N–H and O–H groups in total. The Morgan fingerprint density at radius 3 is 2.40 bits per heavy atom. The van der Waals surface area contributed by atoms with Crippen molar-refractivity contribution < 1.29 is 9.21 Å². The summed E-state index contributed by atoms with van der Waals surface area (Å²) in [6, 6.07) is 18.4. The number of amides is 1. The van der Waals surface area contributed by atoms with Gasteiger partial charge in [-0.1, -0.05) is 59.2 Å². The van der Waals surface area contributed by atoms with Crippen LogP contribution in [0.5, 0.6) is 0 Å². The number of amidine groups is 1. The number of hydrogen-bond donors (Lipinski definition) is 0. The molecule has 0 radical (unpaired) electrons. The van der Waals surface area contributed by atoms with Crippen molar-refractivity contribution in [2.24, 2.45) is 10.2 Å². The van der Waals surface area contributed by atoms with Crippen molar-refractivity contribution >= 4 is 52.3 Å². The molecule has 1 aliphatic rings. The Hall–Kier alpha value is -2.54. The zero-order valence-corrected chi connectivity index (χ0v) is 18.1. The summed E-state index contributed by atoms with van der Waals surface area (Å²) in [4.78, 5) is 14.7. The Labute approximate surface area is 188 Å². The first-order valence-corrected chi connectivity index (χ1v) is 10.8. The molecule has 2 aromatic carbocycles. The molecule has 0 aliphatic carbocycles. The van der Waals surface area contributed by atoms with E-state index in [9.17, 15) is 4.79 Å². The van der Waals surface area contributed by atoms with Crippen LogP contribution < -0.4 is 0 Å². The number of hydrogen-bond acceptors (Lipinski definition) is 5. The van der Waals surface area contributed by atoms with Crippen molar-refractivity contribution in [2.45, 2.75) is 18.2 Å². The van der Waals surface area contributed by atoms with Crippen LogP contribution in [0.1, 0.15) is 16.9 Å². The van der Waals surface area contributed by atoms with E-state index in [0.29, 0.717) is 33.9 Å². The number of thioether (sulfide) groups is 1. The zero-order chi connectivity index (χ0) is 20.9. The molecule has 3 aromatic rings. The molecule has 1 fully saturated rings. The van der Waals surface area contributed by atoms with Crippen LogP contribution in [-0.2, 0) is 17.8 Å². The van der Waals surface area contributed by atoms with Gasteiger partial charge in [-0.2, -0.15) is 5.10 Å². The van der Waals surface area contributed by atoms with Gasteiger partial charge < -0.3 is 4.42 Å². The van der Waals surface area contributed by atoms with Crippen molar-refractivity contribution in [3.63, 3.8) is 0 Å². The molecule has 152 valence electrons. The molecule has 8 heteroatoms. The Morgan fingerprint density at radius 2 is 1.73 bits per heavy atom. The molecule has 30 heavy (non-hydrogen) atoms. The van der Waals surface area contributed by atoms with Crippen LogP contribution in [0.15, 0.2) is 81.5 Å². The lowest BCUT2D eigenvalue weighted by Gasteiger charge is -2.14. The fraction of sp³-hybridized carbons (Fsp3) is 0.136. The highest BCUT2D eigenvalue weighted by molar-refractivity contribution is 8.15. The van der Waals surface area contributed by atoms with Gasteiger partial charge >= 0.3 is 0 Å². The fourth-order valence-corrected chi connectivity index (χ4v) is 4.33. The molecule has 0 saturated carbocycles. The lowest BCUT2D eigenvalue weighted by atomic mass is 10.1. The van der Waals surface area contributed by atoms with Crippen LogP contribution in [0.2, 0.25) is 10.0 Å². The SMILES string of the molecule is O=C1[C@@H](Cc2ccc(Cl)cc2)S/C(=N/N=C\c2ccc(Cl)cc2)N1Cc1ccco1. The number of benzene rings is 2. The fourth-order valence-electron chi connectivity index (χ4n) is 2.95.